The molecular weight excluding hydrogens is 442 g/mol. The van der Waals surface area contributed by atoms with E-state index in [1.54, 1.807) is 18.2 Å². The summed E-state index contributed by atoms with van der Waals surface area (Å²) < 4.78 is 13.5. The van der Waals surface area contributed by atoms with E-state index in [-0.39, 0.29) is 18.1 Å². The second-order valence-corrected chi connectivity index (χ2v) is 7.84. The zero-order chi connectivity index (χ0) is 23.4. The number of nitrogens with zero attached hydrogens (tertiary/aromatic N) is 2. The normalized spacial score (nSPS) is 11.1. The number of furan rings is 1. The minimum atomic E-state index is -0.527. The molecule has 7 nitrogen and oxygen atoms in total. The molecule has 0 unspecified atom stereocenters. The number of aromatic hydroxyl groups is 1. The number of hydrogen-bond donors (Lipinski definition) is 2. The average molecular weight is 464 g/mol. The van der Waals surface area contributed by atoms with Crippen molar-refractivity contribution in [2.75, 3.05) is 0 Å². The number of phenols is 1. The van der Waals surface area contributed by atoms with Gasteiger partial charge in [0, 0.05) is 27.7 Å². The highest BCUT2D eigenvalue weighted by atomic mass is 35.5. The molecule has 8 heteroatoms. The van der Waals surface area contributed by atoms with Gasteiger partial charge in [-0.3, -0.25) is 4.79 Å². The first kappa shape index (κ1) is 22.2. The van der Waals surface area contributed by atoms with Crippen LogP contribution >= 0.6 is 11.6 Å². The molecule has 4 rings (SSSR count). The summed E-state index contributed by atoms with van der Waals surface area (Å²) in [6.07, 6.45) is 1.30. The van der Waals surface area contributed by atoms with Gasteiger partial charge in [-0.25, -0.2) is 5.43 Å². The molecule has 0 aliphatic heterocycles. The second-order valence-electron chi connectivity index (χ2n) is 7.40. The SMILES string of the molecule is Cc1ccc(C)n1-c1ccc(OCc2ccc(C(=O)N/N=C/c3cc(Cl)ccc3O)o2)cc1. The molecule has 0 aliphatic rings. The number of hydrazone groups is 1. The Kier molecular flexibility index (Phi) is 6.51. The van der Waals surface area contributed by atoms with Crippen molar-refractivity contribution in [3.05, 3.63) is 100 Å². The van der Waals surface area contributed by atoms with Crippen LogP contribution in [0.3, 0.4) is 0 Å². The Bertz CT molecular complexity index is 1290. The van der Waals surface area contributed by atoms with Gasteiger partial charge >= 0.3 is 5.91 Å². The van der Waals surface area contributed by atoms with Crippen molar-refractivity contribution in [1.82, 2.24) is 9.99 Å². The first-order valence-electron chi connectivity index (χ1n) is 10.2. The van der Waals surface area contributed by atoms with Gasteiger partial charge in [0.25, 0.3) is 0 Å². The fraction of sp³-hybridized carbons (Fsp3) is 0.120. The van der Waals surface area contributed by atoms with Crippen molar-refractivity contribution >= 4 is 23.7 Å². The van der Waals surface area contributed by atoms with Crippen LogP contribution < -0.4 is 10.2 Å². The summed E-state index contributed by atoms with van der Waals surface area (Å²) >= 11 is 5.89. The summed E-state index contributed by atoms with van der Waals surface area (Å²) in [6, 6.07) is 19.7. The summed E-state index contributed by atoms with van der Waals surface area (Å²) in [6.45, 7) is 4.30. The molecule has 2 aromatic heterocycles. The van der Waals surface area contributed by atoms with Crippen LogP contribution in [-0.4, -0.2) is 21.8 Å². The minimum Gasteiger partial charge on any atom is -0.507 e. The van der Waals surface area contributed by atoms with E-state index in [1.807, 2.05) is 24.3 Å². The van der Waals surface area contributed by atoms with Crippen molar-refractivity contribution < 1.29 is 19.1 Å². The number of halogens is 1. The van der Waals surface area contributed by atoms with Gasteiger partial charge in [-0.1, -0.05) is 11.6 Å². The van der Waals surface area contributed by atoms with Gasteiger partial charge in [-0.2, -0.15) is 5.10 Å². The molecule has 168 valence electrons. The van der Waals surface area contributed by atoms with E-state index in [1.165, 1.54) is 18.3 Å². The van der Waals surface area contributed by atoms with Gasteiger partial charge in [0.1, 0.15) is 23.9 Å². The van der Waals surface area contributed by atoms with E-state index in [2.05, 4.69) is 41.1 Å². The summed E-state index contributed by atoms with van der Waals surface area (Å²) in [5, 5.41) is 14.0. The van der Waals surface area contributed by atoms with E-state index in [4.69, 9.17) is 20.8 Å². The van der Waals surface area contributed by atoms with Gasteiger partial charge < -0.3 is 18.8 Å². The number of aryl methyl sites for hydroxylation is 2. The number of nitrogens with one attached hydrogen (secondary N) is 1. The second kappa shape index (κ2) is 9.67. The quantitative estimate of drug-likeness (QED) is 0.284. The molecule has 2 heterocycles. The molecule has 2 aromatic carbocycles. The topological polar surface area (TPSA) is 89.0 Å². The van der Waals surface area contributed by atoms with Crippen LogP contribution in [0.25, 0.3) is 5.69 Å². The summed E-state index contributed by atoms with van der Waals surface area (Å²) in [4.78, 5) is 12.2. The Labute approximate surface area is 195 Å². The average Bonchev–Trinajstić information content (AvgIpc) is 3.41. The summed E-state index contributed by atoms with van der Waals surface area (Å²) in [5.74, 6) is 0.754. The number of rotatable bonds is 7. The number of ether oxygens (including phenoxy) is 1. The third kappa shape index (κ3) is 5.27. The van der Waals surface area contributed by atoms with Crippen molar-refractivity contribution in [2.24, 2.45) is 5.10 Å². The maximum absolute atomic E-state index is 12.2. The maximum atomic E-state index is 12.2. The zero-order valence-electron chi connectivity index (χ0n) is 18.1. The van der Waals surface area contributed by atoms with Crippen LogP contribution in [0.4, 0.5) is 0 Å². The molecule has 0 aliphatic carbocycles. The van der Waals surface area contributed by atoms with Gasteiger partial charge in [-0.05, 0) is 80.6 Å². The van der Waals surface area contributed by atoms with Gasteiger partial charge in [0.15, 0.2) is 5.76 Å². The Morgan fingerprint density at radius 3 is 2.55 bits per heavy atom. The molecule has 2 N–H and O–H groups in total. The number of amides is 1. The Morgan fingerprint density at radius 2 is 1.82 bits per heavy atom. The highest BCUT2D eigenvalue weighted by Gasteiger charge is 2.11. The fourth-order valence-electron chi connectivity index (χ4n) is 3.34. The molecule has 0 atom stereocenters. The molecule has 0 radical (unpaired) electrons. The molecule has 0 saturated heterocycles. The first-order chi connectivity index (χ1) is 15.9. The lowest BCUT2D eigenvalue weighted by molar-refractivity contribution is 0.0923. The number of carbonyl (C=O) groups is 1. The van der Waals surface area contributed by atoms with Gasteiger partial charge in [0.05, 0.1) is 6.21 Å². The number of phenolic OH excluding ortho intramolecular Hbond substituents is 1. The van der Waals surface area contributed by atoms with E-state index in [0.29, 0.717) is 22.1 Å². The molecule has 0 spiro atoms. The van der Waals surface area contributed by atoms with Crippen molar-refractivity contribution in [3.8, 4) is 17.2 Å². The Hall–Kier alpha value is -3.97. The largest absolute Gasteiger partial charge is 0.507 e. The lowest BCUT2D eigenvalue weighted by Gasteiger charge is -2.10. The van der Waals surface area contributed by atoms with E-state index < -0.39 is 5.91 Å². The molecule has 0 bridgehead atoms. The Morgan fingerprint density at radius 1 is 1.09 bits per heavy atom. The standard InChI is InChI=1S/C25H22ClN3O4/c1-16-3-4-17(2)29(16)20-6-8-21(9-7-20)32-15-22-10-12-24(33-22)25(31)28-27-14-18-13-19(26)5-11-23(18)30/h3-14,30H,15H2,1-2H3,(H,28,31)/b27-14+. The molecule has 4 aromatic rings. The minimum absolute atomic E-state index is 0.00138. The number of hydrogen-bond acceptors (Lipinski definition) is 5. The van der Waals surface area contributed by atoms with Crippen LogP contribution in [0.15, 0.2) is 76.2 Å². The smallest absolute Gasteiger partial charge is 0.307 e. The summed E-state index contributed by atoms with van der Waals surface area (Å²) in [7, 11) is 0. The first-order valence-corrected chi connectivity index (χ1v) is 10.6. The van der Waals surface area contributed by atoms with Crippen molar-refractivity contribution in [1.29, 1.82) is 0 Å². The monoisotopic (exact) mass is 463 g/mol. The van der Waals surface area contributed by atoms with Crippen LogP contribution in [0.5, 0.6) is 11.5 Å². The highest BCUT2D eigenvalue weighted by Crippen LogP contribution is 2.21. The number of aromatic nitrogens is 1. The predicted octanol–water partition coefficient (Wildman–Crippen LogP) is 5.39. The van der Waals surface area contributed by atoms with Gasteiger partial charge in [-0.15, -0.1) is 0 Å². The fourth-order valence-corrected chi connectivity index (χ4v) is 3.52. The molecule has 1 amide bonds. The number of benzene rings is 2. The van der Waals surface area contributed by atoms with Crippen LogP contribution in [0.1, 0.15) is 33.3 Å². The van der Waals surface area contributed by atoms with Gasteiger partial charge in [0.2, 0.25) is 0 Å². The van der Waals surface area contributed by atoms with E-state index in [0.717, 1.165) is 17.1 Å². The van der Waals surface area contributed by atoms with Crippen LogP contribution in [-0.2, 0) is 6.61 Å². The molecule has 0 fully saturated rings. The third-order valence-electron chi connectivity index (χ3n) is 4.99. The van der Waals surface area contributed by atoms with Crippen molar-refractivity contribution in [3.63, 3.8) is 0 Å². The number of carbonyl (C=O) groups excluding carboxylic acids is 1. The molecular formula is C25H22ClN3O4. The van der Waals surface area contributed by atoms with Crippen LogP contribution in [0, 0.1) is 13.8 Å². The van der Waals surface area contributed by atoms with E-state index >= 15 is 0 Å². The highest BCUT2D eigenvalue weighted by molar-refractivity contribution is 6.30. The Balaban J connectivity index is 1.32. The predicted molar refractivity (Wildman–Crippen MR) is 126 cm³/mol. The van der Waals surface area contributed by atoms with E-state index in [9.17, 15) is 9.90 Å². The molecule has 0 saturated carbocycles. The van der Waals surface area contributed by atoms with Crippen LogP contribution in [0.2, 0.25) is 5.02 Å². The lowest BCUT2D eigenvalue weighted by atomic mass is 10.2. The zero-order valence-corrected chi connectivity index (χ0v) is 18.8. The summed E-state index contributed by atoms with van der Waals surface area (Å²) in [5.41, 5.74) is 6.12. The lowest BCUT2D eigenvalue weighted by Crippen LogP contribution is -2.16. The maximum Gasteiger partial charge on any atom is 0.307 e. The molecule has 33 heavy (non-hydrogen) atoms. The third-order valence-corrected chi connectivity index (χ3v) is 5.23. The van der Waals surface area contributed by atoms with Crippen molar-refractivity contribution in [2.45, 2.75) is 20.5 Å².